The van der Waals surface area contributed by atoms with Gasteiger partial charge in [-0.05, 0) is 32.0 Å². The van der Waals surface area contributed by atoms with Crippen LogP contribution in [0.5, 0.6) is 5.75 Å². The molecule has 0 spiro atoms. The lowest BCUT2D eigenvalue weighted by molar-refractivity contribution is 0.0157. The number of aliphatic hydroxyl groups is 1. The van der Waals surface area contributed by atoms with E-state index >= 15 is 0 Å². The number of aliphatic hydroxyl groups excluding tert-OH is 1. The van der Waals surface area contributed by atoms with Gasteiger partial charge in [-0.3, -0.25) is 4.79 Å². The fourth-order valence-electron chi connectivity index (χ4n) is 1.32. The molecule has 0 amide bonds. The third-order valence-electron chi connectivity index (χ3n) is 2.28. The van der Waals surface area contributed by atoms with Gasteiger partial charge in [-0.2, -0.15) is 0 Å². The van der Waals surface area contributed by atoms with Gasteiger partial charge in [0, 0.05) is 12.2 Å². The molecule has 0 saturated carbocycles. The maximum absolute atomic E-state index is 13.5. The third-order valence-corrected chi connectivity index (χ3v) is 2.28. The molecule has 1 aromatic carbocycles. The van der Waals surface area contributed by atoms with Crippen LogP contribution in [0, 0.1) is 5.82 Å². The van der Waals surface area contributed by atoms with Gasteiger partial charge in [0.2, 0.25) is 0 Å². The lowest BCUT2D eigenvalue weighted by Gasteiger charge is -2.12. The Labute approximate surface area is 105 Å². The second-order valence-electron chi connectivity index (χ2n) is 3.83. The van der Waals surface area contributed by atoms with E-state index in [-0.39, 0.29) is 30.3 Å². The van der Waals surface area contributed by atoms with Crippen LogP contribution in [0.2, 0.25) is 0 Å². The Balaban J connectivity index is 2.55. The summed E-state index contributed by atoms with van der Waals surface area (Å²) in [5, 5.41) is 9.45. The number of ketones is 1. The quantitative estimate of drug-likeness (QED) is 0.756. The maximum atomic E-state index is 13.5. The van der Waals surface area contributed by atoms with E-state index in [1.54, 1.807) is 0 Å². The predicted octanol–water partition coefficient (Wildman–Crippen LogP) is 1.80. The molecular formula is C13H17FO4. The molecule has 4 nitrogen and oxygen atoms in total. The van der Waals surface area contributed by atoms with Crippen molar-refractivity contribution in [1.29, 1.82) is 0 Å². The highest BCUT2D eigenvalue weighted by Crippen LogP contribution is 2.18. The fourth-order valence-corrected chi connectivity index (χ4v) is 1.32. The number of carbonyl (C=O) groups excluding carboxylic acids is 1. The first-order chi connectivity index (χ1) is 8.54. The SMILES string of the molecule is CCOCC(O)COc1ccc(C(C)=O)cc1F. The minimum Gasteiger partial charge on any atom is -0.488 e. The summed E-state index contributed by atoms with van der Waals surface area (Å²) in [6.45, 7) is 3.76. The smallest absolute Gasteiger partial charge is 0.165 e. The summed E-state index contributed by atoms with van der Waals surface area (Å²) in [7, 11) is 0. The van der Waals surface area contributed by atoms with E-state index in [4.69, 9.17) is 9.47 Å². The predicted molar refractivity (Wildman–Crippen MR) is 64.4 cm³/mol. The summed E-state index contributed by atoms with van der Waals surface area (Å²) >= 11 is 0. The summed E-state index contributed by atoms with van der Waals surface area (Å²) in [4.78, 5) is 11.0. The molecule has 1 rings (SSSR count). The molecule has 0 bridgehead atoms. The van der Waals surface area contributed by atoms with Gasteiger partial charge in [0.15, 0.2) is 17.3 Å². The van der Waals surface area contributed by atoms with Crippen molar-refractivity contribution < 1.29 is 23.8 Å². The van der Waals surface area contributed by atoms with Crippen LogP contribution in [0.15, 0.2) is 18.2 Å². The minimum absolute atomic E-state index is 0.00977. The molecule has 0 saturated heterocycles. The molecule has 1 atom stereocenters. The number of Topliss-reactive ketones (excluding diaryl/α,β-unsaturated/α-hetero) is 1. The van der Waals surface area contributed by atoms with Crippen molar-refractivity contribution in [3.63, 3.8) is 0 Å². The molecule has 100 valence electrons. The Morgan fingerprint density at radius 1 is 1.44 bits per heavy atom. The lowest BCUT2D eigenvalue weighted by atomic mass is 10.1. The van der Waals surface area contributed by atoms with Crippen molar-refractivity contribution in [2.75, 3.05) is 19.8 Å². The van der Waals surface area contributed by atoms with Gasteiger partial charge in [0.25, 0.3) is 0 Å². The highest BCUT2D eigenvalue weighted by atomic mass is 19.1. The average molecular weight is 256 g/mol. The zero-order valence-electron chi connectivity index (χ0n) is 10.5. The molecule has 0 aliphatic rings. The molecule has 1 N–H and O–H groups in total. The molecule has 0 heterocycles. The van der Waals surface area contributed by atoms with E-state index in [0.29, 0.717) is 6.61 Å². The van der Waals surface area contributed by atoms with Crippen molar-refractivity contribution in [2.45, 2.75) is 20.0 Å². The summed E-state index contributed by atoms with van der Waals surface area (Å²) < 4.78 is 23.6. The summed E-state index contributed by atoms with van der Waals surface area (Å²) in [6.07, 6.45) is -0.808. The minimum atomic E-state index is -0.808. The van der Waals surface area contributed by atoms with Crippen LogP contribution in [0.3, 0.4) is 0 Å². The second kappa shape index (κ2) is 7.08. The molecule has 1 unspecified atom stereocenters. The van der Waals surface area contributed by atoms with Crippen LogP contribution in [0.4, 0.5) is 4.39 Å². The van der Waals surface area contributed by atoms with Crippen molar-refractivity contribution in [3.8, 4) is 5.75 Å². The largest absolute Gasteiger partial charge is 0.488 e. The van der Waals surface area contributed by atoms with Gasteiger partial charge in [0.1, 0.15) is 12.7 Å². The van der Waals surface area contributed by atoms with Gasteiger partial charge in [-0.15, -0.1) is 0 Å². The van der Waals surface area contributed by atoms with Crippen LogP contribution in [0.25, 0.3) is 0 Å². The maximum Gasteiger partial charge on any atom is 0.165 e. The van der Waals surface area contributed by atoms with E-state index in [0.717, 1.165) is 6.07 Å². The van der Waals surface area contributed by atoms with Gasteiger partial charge < -0.3 is 14.6 Å². The van der Waals surface area contributed by atoms with Crippen LogP contribution >= 0.6 is 0 Å². The summed E-state index contributed by atoms with van der Waals surface area (Å²) in [6, 6.07) is 3.97. The van der Waals surface area contributed by atoms with Crippen LogP contribution < -0.4 is 4.74 Å². The van der Waals surface area contributed by atoms with Crippen LogP contribution in [-0.4, -0.2) is 36.8 Å². The molecule has 0 aromatic heterocycles. The average Bonchev–Trinajstić information content (AvgIpc) is 2.34. The number of ether oxygens (including phenoxy) is 2. The fraction of sp³-hybridized carbons (Fsp3) is 0.462. The van der Waals surface area contributed by atoms with E-state index < -0.39 is 11.9 Å². The Hall–Kier alpha value is -1.46. The topological polar surface area (TPSA) is 55.8 Å². The number of hydrogen-bond acceptors (Lipinski definition) is 4. The summed E-state index contributed by atoms with van der Waals surface area (Å²) in [5.74, 6) is -0.821. The molecule has 0 aliphatic carbocycles. The van der Waals surface area contributed by atoms with Crippen LogP contribution in [-0.2, 0) is 4.74 Å². The molecule has 18 heavy (non-hydrogen) atoms. The number of carbonyl (C=O) groups is 1. The van der Waals surface area contributed by atoms with Gasteiger partial charge >= 0.3 is 0 Å². The molecule has 0 radical (unpaired) electrons. The lowest BCUT2D eigenvalue weighted by Crippen LogP contribution is -2.23. The normalized spacial score (nSPS) is 12.2. The van der Waals surface area contributed by atoms with Gasteiger partial charge in [-0.25, -0.2) is 4.39 Å². The van der Waals surface area contributed by atoms with E-state index in [1.807, 2.05) is 6.92 Å². The molecule has 1 aromatic rings. The zero-order chi connectivity index (χ0) is 13.5. The van der Waals surface area contributed by atoms with Crippen molar-refractivity contribution >= 4 is 5.78 Å². The van der Waals surface area contributed by atoms with E-state index in [2.05, 4.69) is 0 Å². The van der Waals surface area contributed by atoms with Crippen molar-refractivity contribution in [1.82, 2.24) is 0 Å². The number of hydrogen-bond donors (Lipinski definition) is 1. The standard InChI is InChI=1S/C13H17FO4/c1-3-17-7-11(16)8-18-13-5-4-10(9(2)15)6-12(13)14/h4-6,11,16H,3,7-8H2,1-2H3. The van der Waals surface area contributed by atoms with Crippen molar-refractivity contribution in [2.24, 2.45) is 0 Å². The van der Waals surface area contributed by atoms with Crippen LogP contribution in [0.1, 0.15) is 24.2 Å². The Morgan fingerprint density at radius 2 is 2.17 bits per heavy atom. The number of benzene rings is 1. The Bertz CT molecular complexity index is 406. The summed E-state index contributed by atoms with van der Waals surface area (Å²) in [5.41, 5.74) is 0.287. The highest BCUT2D eigenvalue weighted by Gasteiger charge is 2.10. The molecular weight excluding hydrogens is 239 g/mol. The first-order valence-electron chi connectivity index (χ1n) is 5.73. The van der Waals surface area contributed by atoms with Crippen molar-refractivity contribution in [3.05, 3.63) is 29.6 Å². The molecule has 5 heteroatoms. The Kier molecular flexibility index (Phi) is 5.74. The number of halogens is 1. The van der Waals surface area contributed by atoms with Gasteiger partial charge in [0.05, 0.1) is 6.61 Å². The zero-order valence-corrected chi connectivity index (χ0v) is 10.5. The Morgan fingerprint density at radius 3 is 2.72 bits per heavy atom. The highest BCUT2D eigenvalue weighted by molar-refractivity contribution is 5.94. The van der Waals surface area contributed by atoms with E-state index in [9.17, 15) is 14.3 Å². The second-order valence-corrected chi connectivity index (χ2v) is 3.83. The monoisotopic (exact) mass is 256 g/mol. The first kappa shape index (κ1) is 14.6. The molecule has 0 fully saturated rings. The first-order valence-corrected chi connectivity index (χ1v) is 5.73. The number of rotatable bonds is 7. The van der Waals surface area contributed by atoms with Gasteiger partial charge in [-0.1, -0.05) is 0 Å². The molecule has 0 aliphatic heterocycles. The third kappa shape index (κ3) is 4.43. The van der Waals surface area contributed by atoms with E-state index in [1.165, 1.54) is 19.1 Å².